The molecule has 25 heavy (non-hydrogen) atoms. The average Bonchev–Trinajstić information content (AvgIpc) is 2.62. The standard InChI is InChI=1S/C18H25N5O2/c1-23(2)11-10-19-17(24)15-12-21-18(22-13-15)20-9-8-14-4-6-16(25-3)7-5-14/h4-7,12-13H,8-11H2,1-3H3,(H,19,24)(H,20,21,22). The number of hydrogen-bond acceptors (Lipinski definition) is 6. The number of rotatable bonds is 9. The molecular weight excluding hydrogens is 318 g/mol. The van der Waals surface area contributed by atoms with Crippen LogP contribution >= 0.6 is 0 Å². The molecule has 7 nitrogen and oxygen atoms in total. The zero-order chi connectivity index (χ0) is 18.1. The number of likely N-dealkylation sites (N-methyl/N-ethyl adjacent to an activating group) is 1. The Morgan fingerprint density at radius 1 is 1.12 bits per heavy atom. The molecule has 0 spiro atoms. The third kappa shape index (κ3) is 6.39. The first-order valence-corrected chi connectivity index (χ1v) is 8.20. The van der Waals surface area contributed by atoms with Crippen molar-refractivity contribution in [1.29, 1.82) is 0 Å². The molecule has 0 bridgehead atoms. The van der Waals surface area contributed by atoms with E-state index in [2.05, 4.69) is 20.6 Å². The second kappa shape index (κ2) is 9.58. The number of hydrogen-bond donors (Lipinski definition) is 2. The van der Waals surface area contributed by atoms with Crippen molar-refractivity contribution >= 4 is 11.9 Å². The molecule has 0 aliphatic heterocycles. The molecule has 0 saturated heterocycles. The summed E-state index contributed by atoms with van der Waals surface area (Å²) in [6.07, 6.45) is 3.92. The van der Waals surface area contributed by atoms with Crippen molar-refractivity contribution in [3.05, 3.63) is 47.8 Å². The van der Waals surface area contributed by atoms with E-state index < -0.39 is 0 Å². The van der Waals surface area contributed by atoms with Gasteiger partial charge >= 0.3 is 0 Å². The van der Waals surface area contributed by atoms with Gasteiger partial charge in [0.25, 0.3) is 5.91 Å². The van der Waals surface area contributed by atoms with Gasteiger partial charge in [-0.3, -0.25) is 4.79 Å². The van der Waals surface area contributed by atoms with Crippen molar-refractivity contribution < 1.29 is 9.53 Å². The van der Waals surface area contributed by atoms with Crippen LogP contribution in [0.5, 0.6) is 5.75 Å². The topological polar surface area (TPSA) is 79.4 Å². The van der Waals surface area contributed by atoms with Crippen molar-refractivity contribution in [1.82, 2.24) is 20.2 Å². The monoisotopic (exact) mass is 343 g/mol. The predicted molar refractivity (Wildman–Crippen MR) is 98.1 cm³/mol. The summed E-state index contributed by atoms with van der Waals surface area (Å²) in [5, 5.41) is 5.99. The minimum atomic E-state index is -0.161. The lowest BCUT2D eigenvalue weighted by molar-refractivity contribution is 0.0950. The van der Waals surface area contributed by atoms with Gasteiger partial charge in [0.2, 0.25) is 5.95 Å². The Morgan fingerprint density at radius 3 is 2.40 bits per heavy atom. The first-order valence-electron chi connectivity index (χ1n) is 8.20. The Balaban J connectivity index is 1.76. The van der Waals surface area contributed by atoms with Gasteiger partial charge in [0.15, 0.2) is 0 Å². The summed E-state index contributed by atoms with van der Waals surface area (Å²) < 4.78 is 5.14. The molecule has 0 radical (unpaired) electrons. The fraction of sp³-hybridized carbons (Fsp3) is 0.389. The Labute approximate surface area is 148 Å². The van der Waals surface area contributed by atoms with E-state index >= 15 is 0 Å². The molecule has 2 rings (SSSR count). The molecule has 2 aromatic rings. The molecule has 1 heterocycles. The van der Waals surface area contributed by atoms with Crippen LogP contribution < -0.4 is 15.4 Å². The maximum atomic E-state index is 11.9. The summed E-state index contributed by atoms with van der Waals surface area (Å²) in [5.74, 6) is 1.20. The highest BCUT2D eigenvalue weighted by atomic mass is 16.5. The number of aromatic nitrogens is 2. The largest absolute Gasteiger partial charge is 0.497 e. The second-order valence-electron chi connectivity index (χ2n) is 5.88. The zero-order valence-electron chi connectivity index (χ0n) is 15.0. The van der Waals surface area contributed by atoms with E-state index in [9.17, 15) is 4.79 Å². The van der Waals surface area contributed by atoms with Crippen molar-refractivity contribution in [2.45, 2.75) is 6.42 Å². The maximum Gasteiger partial charge on any atom is 0.254 e. The summed E-state index contributed by atoms with van der Waals surface area (Å²) in [4.78, 5) is 22.3. The zero-order valence-corrected chi connectivity index (χ0v) is 15.0. The van der Waals surface area contributed by atoms with E-state index in [1.54, 1.807) is 7.11 Å². The van der Waals surface area contributed by atoms with Gasteiger partial charge in [-0.15, -0.1) is 0 Å². The van der Waals surface area contributed by atoms with Crippen LogP contribution in [-0.4, -0.2) is 61.6 Å². The summed E-state index contributed by atoms with van der Waals surface area (Å²) >= 11 is 0. The second-order valence-corrected chi connectivity index (χ2v) is 5.88. The van der Waals surface area contributed by atoms with Gasteiger partial charge in [0.1, 0.15) is 5.75 Å². The molecule has 134 valence electrons. The Hall–Kier alpha value is -2.67. The first-order chi connectivity index (χ1) is 12.1. The summed E-state index contributed by atoms with van der Waals surface area (Å²) in [6.45, 7) is 2.09. The molecule has 0 saturated carbocycles. The van der Waals surface area contributed by atoms with Gasteiger partial charge in [-0.1, -0.05) is 12.1 Å². The molecule has 0 fully saturated rings. The van der Waals surface area contributed by atoms with E-state index in [1.807, 2.05) is 43.3 Å². The lowest BCUT2D eigenvalue weighted by Gasteiger charge is -2.10. The minimum absolute atomic E-state index is 0.161. The number of anilines is 1. The van der Waals surface area contributed by atoms with E-state index in [4.69, 9.17) is 4.74 Å². The molecule has 1 amide bonds. The van der Waals surface area contributed by atoms with E-state index in [0.29, 0.717) is 24.6 Å². The normalized spacial score (nSPS) is 10.6. The number of ether oxygens (including phenoxy) is 1. The maximum absolute atomic E-state index is 11.9. The molecule has 0 aliphatic rings. The number of amides is 1. The molecule has 1 aromatic heterocycles. The van der Waals surface area contributed by atoms with E-state index in [-0.39, 0.29) is 5.91 Å². The molecule has 0 unspecified atom stereocenters. The van der Waals surface area contributed by atoms with Gasteiger partial charge in [0, 0.05) is 32.0 Å². The van der Waals surface area contributed by atoms with Crippen LogP contribution in [0.2, 0.25) is 0 Å². The van der Waals surface area contributed by atoms with Crippen molar-refractivity contribution in [2.24, 2.45) is 0 Å². The van der Waals surface area contributed by atoms with Crippen LogP contribution in [0.1, 0.15) is 15.9 Å². The number of benzene rings is 1. The van der Waals surface area contributed by atoms with Crippen LogP contribution in [0.3, 0.4) is 0 Å². The average molecular weight is 343 g/mol. The van der Waals surface area contributed by atoms with Crippen molar-refractivity contribution in [3.63, 3.8) is 0 Å². The Morgan fingerprint density at radius 2 is 1.80 bits per heavy atom. The summed E-state index contributed by atoms with van der Waals surface area (Å²) in [6, 6.07) is 7.94. The third-order valence-electron chi connectivity index (χ3n) is 3.61. The van der Waals surface area contributed by atoms with Crippen LogP contribution in [-0.2, 0) is 6.42 Å². The highest BCUT2D eigenvalue weighted by Gasteiger charge is 2.06. The number of carbonyl (C=O) groups excluding carboxylic acids is 1. The molecule has 0 atom stereocenters. The van der Waals surface area contributed by atoms with Gasteiger partial charge in [-0.25, -0.2) is 9.97 Å². The van der Waals surface area contributed by atoms with Gasteiger partial charge in [-0.05, 0) is 38.2 Å². The molecule has 0 aliphatic carbocycles. The smallest absolute Gasteiger partial charge is 0.254 e. The number of nitrogens with zero attached hydrogens (tertiary/aromatic N) is 3. The highest BCUT2D eigenvalue weighted by Crippen LogP contribution is 2.11. The lowest BCUT2D eigenvalue weighted by atomic mass is 10.1. The number of nitrogens with one attached hydrogen (secondary N) is 2. The quantitative estimate of drug-likeness (QED) is 0.717. The van der Waals surface area contributed by atoms with Gasteiger partial charge in [0.05, 0.1) is 12.7 Å². The van der Waals surface area contributed by atoms with Crippen molar-refractivity contribution in [2.75, 3.05) is 46.2 Å². The number of carbonyl (C=O) groups is 1. The first kappa shape index (κ1) is 18.7. The molecule has 2 N–H and O–H groups in total. The summed E-state index contributed by atoms with van der Waals surface area (Å²) in [5.41, 5.74) is 1.66. The summed E-state index contributed by atoms with van der Waals surface area (Å²) in [7, 11) is 5.57. The fourth-order valence-electron chi connectivity index (χ4n) is 2.14. The van der Waals surface area contributed by atoms with Crippen LogP contribution in [0, 0.1) is 0 Å². The lowest BCUT2D eigenvalue weighted by Crippen LogP contribution is -2.31. The number of methoxy groups -OCH3 is 1. The van der Waals surface area contributed by atoms with E-state index in [1.165, 1.54) is 18.0 Å². The molecule has 7 heteroatoms. The van der Waals surface area contributed by atoms with Crippen LogP contribution in [0.4, 0.5) is 5.95 Å². The Kier molecular flexibility index (Phi) is 7.16. The molecule has 1 aromatic carbocycles. The van der Waals surface area contributed by atoms with Gasteiger partial charge < -0.3 is 20.3 Å². The van der Waals surface area contributed by atoms with Crippen LogP contribution in [0.15, 0.2) is 36.7 Å². The van der Waals surface area contributed by atoms with Crippen LogP contribution in [0.25, 0.3) is 0 Å². The van der Waals surface area contributed by atoms with E-state index in [0.717, 1.165) is 18.7 Å². The highest BCUT2D eigenvalue weighted by molar-refractivity contribution is 5.93. The SMILES string of the molecule is COc1ccc(CCNc2ncc(C(=O)NCCN(C)C)cn2)cc1. The third-order valence-corrected chi connectivity index (χ3v) is 3.61. The van der Waals surface area contributed by atoms with Gasteiger partial charge in [-0.2, -0.15) is 0 Å². The predicted octanol–water partition coefficient (Wildman–Crippen LogP) is 1.43. The van der Waals surface area contributed by atoms with Crippen molar-refractivity contribution in [3.8, 4) is 5.75 Å². The minimum Gasteiger partial charge on any atom is -0.497 e. The fourth-order valence-corrected chi connectivity index (χ4v) is 2.14. The Bertz CT molecular complexity index is 656. The molecular formula is C18H25N5O2.